The SMILES string of the molecule is CCCCC(Nc1ccc2c(cc1=O)[C@@H](NC(C)=O)CCc1cc(OC)c(OC)c(OC)c1-2)C(=O)NC1CC1. The summed E-state index contributed by atoms with van der Waals surface area (Å²) in [5.74, 6) is 1.21. The number of hydrogen-bond donors (Lipinski definition) is 3. The van der Waals surface area contributed by atoms with Crippen molar-refractivity contribution in [3.05, 3.63) is 45.6 Å². The van der Waals surface area contributed by atoms with E-state index in [1.165, 1.54) is 6.92 Å². The highest BCUT2D eigenvalue weighted by Gasteiger charge is 2.30. The van der Waals surface area contributed by atoms with E-state index in [2.05, 4.69) is 22.9 Å². The van der Waals surface area contributed by atoms with Crippen LogP contribution in [0.2, 0.25) is 0 Å². The van der Waals surface area contributed by atoms with E-state index in [9.17, 15) is 14.4 Å². The number of benzene rings is 1. The van der Waals surface area contributed by atoms with Crippen molar-refractivity contribution in [1.82, 2.24) is 10.6 Å². The average molecular weight is 538 g/mol. The Morgan fingerprint density at radius 2 is 1.74 bits per heavy atom. The Morgan fingerprint density at radius 3 is 2.36 bits per heavy atom. The Morgan fingerprint density at radius 1 is 1.00 bits per heavy atom. The molecule has 2 amide bonds. The molecule has 2 atom stereocenters. The van der Waals surface area contributed by atoms with Crippen molar-refractivity contribution < 1.29 is 23.8 Å². The van der Waals surface area contributed by atoms with Gasteiger partial charge in [-0.05, 0) is 67.0 Å². The minimum absolute atomic E-state index is 0.0848. The molecular formula is C30H39N3O6. The van der Waals surface area contributed by atoms with Gasteiger partial charge in [0.1, 0.15) is 6.04 Å². The first-order valence-corrected chi connectivity index (χ1v) is 13.7. The predicted octanol–water partition coefficient (Wildman–Crippen LogP) is 4.11. The number of methoxy groups -OCH3 is 3. The summed E-state index contributed by atoms with van der Waals surface area (Å²) < 4.78 is 17.1. The zero-order valence-corrected chi connectivity index (χ0v) is 23.4. The van der Waals surface area contributed by atoms with Crippen molar-refractivity contribution >= 4 is 17.5 Å². The Kier molecular flexibility index (Phi) is 8.99. The van der Waals surface area contributed by atoms with E-state index in [-0.39, 0.29) is 23.3 Å². The molecule has 2 aromatic carbocycles. The maximum absolute atomic E-state index is 13.6. The Hall–Kier alpha value is -3.75. The largest absolute Gasteiger partial charge is 0.493 e. The van der Waals surface area contributed by atoms with Crippen LogP contribution in [0.4, 0.5) is 5.69 Å². The van der Waals surface area contributed by atoms with Crippen LogP contribution in [0.1, 0.15) is 69.5 Å². The minimum Gasteiger partial charge on any atom is -0.493 e. The highest BCUT2D eigenvalue weighted by atomic mass is 16.5. The third kappa shape index (κ3) is 6.29. The number of unbranched alkanes of at least 4 members (excludes halogenated alkanes) is 1. The van der Waals surface area contributed by atoms with Gasteiger partial charge in [0.05, 0.1) is 33.1 Å². The fourth-order valence-corrected chi connectivity index (χ4v) is 5.22. The van der Waals surface area contributed by atoms with Crippen molar-refractivity contribution in [3.8, 4) is 28.4 Å². The number of carbonyl (C=O) groups is 2. The third-order valence-electron chi connectivity index (χ3n) is 7.33. The van der Waals surface area contributed by atoms with Crippen molar-refractivity contribution in [2.24, 2.45) is 0 Å². The van der Waals surface area contributed by atoms with Crippen LogP contribution in [0, 0.1) is 0 Å². The molecule has 0 aliphatic heterocycles. The molecule has 0 aromatic heterocycles. The second-order valence-electron chi connectivity index (χ2n) is 10.2. The third-order valence-corrected chi connectivity index (χ3v) is 7.33. The van der Waals surface area contributed by atoms with Crippen LogP contribution < -0.4 is 35.6 Å². The van der Waals surface area contributed by atoms with E-state index in [0.717, 1.165) is 42.4 Å². The summed E-state index contributed by atoms with van der Waals surface area (Å²) in [5.41, 5.74) is 3.25. The number of carbonyl (C=O) groups excluding carboxylic acids is 2. The zero-order chi connectivity index (χ0) is 28.1. The smallest absolute Gasteiger partial charge is 0.242 e. The molecule has 0 bridgehead atoms. The molecule has 3 N–H and O–H groups in total. The van der Waals surface area contributed by atoms with Crippen molar-refractivity contribution in [3.63, 3.8) is 0 Å². The zero-order valence-electron chi connectivity index (χ0n) is 23.4. The lowest BCUT2D eigenvalue weighted by atomic mass is 9.95. The molecule has 4 rings (SSSR count). The van der Waals surface area contributed by atoms with Crippen molar-refractivity contribution in [1.29, 1.82) is 0 Å². The van der Waals surface area contributed by atoms with Gasteiger partial charge in [0.15, 0.2) is 11.5 Å². The summed E-state index contributed by atoms with van der Waals surface area (Å²) >= 11 is 0. The van der Waals surface area contributed by atoms with Gasteiger partial charge in [-0.2, -0.15) is 0 Å². The topological polar surface area (TPSA) is 115 Å². The molecule has 1 saturated carbocycles. The number of fused-ring (bicyclic) bond motifs is 3. The number of nitrogens with one attached hydrogen (secondary N) is 3. The van der Waals surface area contributed by atoms with Gasteiger partial charge in [0.2, 0.25) is 23.0 Å². The van der Waals surface area contributed by atoms with Gasteiger partial charge in [-0.15, -0.1) is 0 Å². The van der Waals surface area contributed by atoms with Crippen LogP contribution in [0.5, 0.6) is 17.2 Å². The molecule has 9 heteroatoms. The summed E-state index contributed by atoms with van der Waals surface area (Å²) in [7, 11) is 4.69. The van der Waals surface area contributed by atoms with E-state index in [4.69, 9.17) is 14.2 Å². The van der Waals surface area contributed by atoms with Crippen molar-refractivity contribution in [2.75, 3.05) is 26.6 Å². The van der Waals surface area contributed by atoms with Crippen LogP contribution in [-0.2, 0) is 16.0 Å². The maximum atomic E-state index is 13.6. The molecule has 1 fully saturated rings. The first-order valence-electron chi connectivity index (χ1n) is 13.7. The monoisotopic (exact) mass is 537 g/mol. The summed E-state index contributed by atoms with van der Waals surface area (Å²) in [6.45, 7) is 3.54. The molecule has 0 spiro atoms. The van der Waals surface area contributed by atoms with Crippen LogP contribution in [-0.4, -0.2) is 45.2 Å². The Labute approximate surface area is 229 Å². The molecule has 2 aromatic rings. The van der Waals surface area contributed by atoms with E-state index in [0.29, 0.717) is 47.8 Å². The number of amides is 2. The Bertz CT molecular complexity index is 1290. The number of rotatable bonds is 11. The first-order chi connectivity index (χ1) is 18.8. The predicted molar refractivity (Wildman–Crippen MR) is 151 cm³/mol. The van der Waals surface area contributed by atoms with E-state index in [1.54, 1.807) is 33.5 Å². The van der Waals surface area contributed by atoms with Gasteiger partial charge in [-0.1, -0.05) is 25.8 Å². The van der Waals surface area contributed by atoms with Gasteiger partial charge < -0.3 is 30.2 Å². The average Bonchev–Trinajstić information content (AvgIpc) is 3.76. The van der Waals surface area contributed by atoms with Gasteiger partial charge in [-0.25, -0.2) is 0 Å². The lowest BCUT2D eigenvalue weighted by molar-refractivity contribution is -0.122. The first kappa shape index (κ1) is 28.3. The number of ether oxygens (including phenoxy) is 3. The molecule has 39 heavy (non-hydrogen) atoms. The fourth-order valence-electron chi connectivity index (χ4n) is 5.22. The fraction of sp³-hybridized carbons (Fsp3) is 0.500. The normalized spacial score (nSPS) is 16.6. The van der Waals surface area contributed by atoms with Crippen LogP contribution in [0.3, 0.4) is 0 Å². The molecule has 0 saturated heterocycles. The number of hydrogen-bond acceptors (Lipinski definition) is 7. The molecular weight excluding hydrogens is 498 g/mol. The van der Waals surface area contributed by atoms with E-state index >= 15 is 0 Å². The van der Waals surface area contributed by atoms with Crippen molar-refractivity contribution in [2.45, 2.75) is 76.9 Å². The molecule has 210 valence electrons. The lowest BCUT2D eigenvalue weighted by Gasteiger charge is -2.19. The summed E-state index contributed by atoms with van der Waals surface area (Å²) in [6.07, 6.45) is 5.60. The van der Waals surface area contributed by atoms with Gasteiger partial charge in [-0.3, -0.25) is 14.4 Å². The molecule has 1 unspecified atom stereocenters. The summed E-state index contributed by atoms with van der Waals surface area (Å²) in [5, 5.41) is 9.31. The van der Waals surface area contributed by atoms with Crippen LogP contribution in [0.25, 0.3) is 11.1 Å². The van der Waals surface area contributed by atoms with Gasteiger partial charge in [0, 0.05) is 18.5 Å². The lowest BCUT2D eigenvalue weighted by Crippen LogP contribution is -2.41. The molecule has 2 aliphatic carbocycles. The minimum atomic E-state index is -0.516. The van der Waals surface area contributed by atoms with Crippen LogP contribution in [0.15, 0.2) is 29.1 Å². The number of aryl methyl sites for hydroxylation is 1. The summed E-state index contributed by atoms with van der Waals surface area (Å²) in [4.78, 5) is 38.8. The number of anilines is 1. The van der Waals surface area contributed by atoms with E-state index < -0.39 is 12.1 Å². The van der Waals surface area contributed by atoms with E-state index in [1.807, 2.05) is 12.1 Å². The molecule has 0 heterocycles. The molecule has 9 nitrogen and oxygen atoms in total. The second kappa shape index (κ2) is 12.4. The highest BCUT2D eigenvalue weighted by molar-refractivity contribution is 5.86. The second-order valence-corrected chi connectivity index (χ2v) is 10.2. The molecule has 2 aliphatic rings. The summed E-state index contributed by atoms with van der Waals surface area (Å²) in [6, 6.07) is 6.39. The maximum Gasteiger partial charge on any atom is 0.242 e. The Balaban J connectivity index is 1.86. The molecule has 0 radical (unpaired) electrons. The van der Waals surface area contributed by atoms with Crippen LogP contribution >= 0.6 is 0 Å². The van der Waals surface area contributed by atoms with Gasteiger partial charge in [0.25, 0.3) is 0 Å². The standard InChI is InChI=1S/C30H39N3O6/c1-6-7-8-24(30(36)32-19-10-11-19)33-23-14-12-20-21(16-25(23)35)22(31-17(2)34)13-9-18-15-26(37-3)28(38-4)29(39-5)27(18)20/h12,14-16,19,22,24H,6-11,13H2,1-5H3,(H,31,34)(H,32,36)(H,33,35)/t22-,24?/m0/s1. The quantitative estimate of drug-likeness (QED) is 0.395. The highest BCUT2D eigenvalue weighted by Crippen LogP contribution is 2.50. The van der Waals surface area contributed by atoms with Gasteiger partial charge >= 0.3 is 0 Å².